The first kappa shape index (κ1) is 20.4. The number of amides is 1. The molecule has 2 N–H and O–H groups in total. The highest BCUT2D eigenvalue weighted by atomic mass is 16.1. The van der Waals surface area contributed by atoms with Gasteiger partial charge in [0.15, 0.2) is 0 Å². The summed E-state index contributed by atoms with van der Waals surface area (Å²) in [6.45, 7) is 0. The molecule has 3 aliphatic carbocycles. The minimum absolute atomic E-state index is 0.266. The summed E-state index contributed by atoms with van der Waals surface area (Å²) in [6.07, 6.45) is 14.6. The third-order valence-corrected chi connectivity index (χ3v) is 6.96. The Balaban J connectivity index is 1.29. The van der Waals surface area contributed by atoms with Gasteiger partial charge in [0.2, 0.25) is 11.9 Å². The van der Waals surface area contributed by atoms with E-state index in [1.54, 1.807) is 0 Å². The molecule has 0 spiro atoms. The van der Waals surface area contributed by atoms with Crippen LogP contribution in [0.2, 0.25) is 0 Å². The van der Waals surface area contributed by atoms with E-state index in [0.717, 1.165) is 56.7 Å². The van der Waals surface area contributed by atoms with Crippen LogP contribution in [0.1, 0.15) is 81.9 Å². The van der Waals surface area contributed by atoms with Gasteiger partial charge >= 0.3 is 0 Å². The quantitative estimate of drug-likeness (QED) is 0.760. The molecule has 0 unspecified atom stereocenters. The molecule has 3 aliphatic rings. The molecule has 160 valence electrons. The fourth-order valence-electron chi connectivity index (χ4n) is 5.34. The first-order valence-corrected chi connectivity index (χ1v) is 11.7. The van der Waals surface area contributed by atoms with Gasteiger partial charge in [-0.3, -0.25) is 4.79 Å². The predicted molar refractivity (Wildman–Crippen MR) is 117 cm³/mol. The maximum absolute atomic E-state index is 12.3. The number of anilines is 2. The maximum atomic E-state index is 12.3. The summed E-state index contributed by atoms with van der Waals surface area (Å²) >= 11 is 0. The zero-order chi connectivity index (χ0) is 20.2. The van der Waals surface area contributed by atoms with Gasteiger partial charge in [-0.25, -0.2) is 4.98 Å². The second-order valence-electron chi connectivity index (χ2n) is 9.51. The van der Waals surface area contributed by atoms with Crippen LogP contribution >= 0.6 is 0 Å². The Labute approximate surface area is 175 Å². The van der Waals surface area contributed by atoms with Crippen molar-refractivity contribution in [3.63, 3.8) is 0 Å². The Hall–Kier alpha value is -1.85. The summed E-state index contributed by atoms with van der Waals surface area (Å²) in [5.41, 5.74) is 2.56. The summed E-state index contributed by atoms with van der Waals surface area (Å²) in [7, 11) is 4.14. The highest BCUT2D eigenvalue weighted by Crippen LogP contribution is 2.30. The third-order valence-electron chi connectivity index (χ3n) is 6.96. The lowest BCUT2D eigenvalue weighted by molar-refractivity contribution is -0.122. The number of nitrogens with one attached hydrogen (secondary N) is 2. The van der Waals surface area contributed by atoms with Crippen molar-refractivity contribution in [1.82, 2.24) is 15.3 Å². The van der Waals surface area contributed by atoms with E-state index in [9.17, 15) is 4.79 Å². The molecule has 2 fully saturated rings. The molecule has 6 heteroatoms. The number of nitrogens with zero attached hydrogens (tertiary/aromatic N) is 3. The average molecular weight is 400 g/mol. The van der Waals surface area contributed by atoms with Gasteiger partial charge in [-0.05, 0) is 70.1 Å². The zero-order valence-corrected chi connectivity index (χ0v) is 18.2. The lowest BCUT2D eigenvalue weighted by Gasteiger charge is -2.30. The molecule has 0 bridgehead atoms. The van der Waals surface area contributed by atoms with Crippen LogP contribution in [0.3, 0.4) is 0 Å². The van der Waals surface area contributed by atoms with Crippen molar-refractivity contribution < 1.29 is 4.79 Å². The lowest BCUT2D eigenvalue weighted by Crippen LogP contribution is -2.40. The molecule has 1 amide bonds. The number of aromatic nitrogens is 2. The Kier molecular flexibility index (Phi) is 6.56. The molecule has 0 radical (unpaired) electrons. The van der Waals surface area contributed by atoms with Gasteiger partial charge in [-0.1, -0.05) is 12.8 Å². The number of hydrogen-bond donors (Lipinski definition) is 2. The maximum Gasteiger partial charge on any atom is 0.225 e. The fourth-order valence-corrected chi connectivity index (χ4v) is 5.34. The molecule has 0 aliphatic heterocycles. The normalized spacial score (nSPS) is 24.8. The van der Waals surface area contributed by atoms with E-state index >= 15 is 0 Å². The van der Waals surface area contributed by atoms with Crippen LogP contribution in [0, 0.1) is 5.92 Å². The van der Waals surface area contributed by atoms with E-state index in [1.807, 2.05) is 0 Å². The van der Waals surface area contributed by atoms with Gasteiger partial charge in [0.1, 0.15) is 5.82 Å². The smallest absolute Gasteiger partial charge is 0.225 e. The van der Waals surface area contributed by atoms with Gasteiger partial charge < -0.3 is 15.5 Å². The highest BCUT2D eigenvalue weighted by Gasteiger charge is 2.26. The van der Waals surface area contributed by atoms with E-state index in [4.69, 9.17) is 9.97 Å². The van der Waals surface area contributed by atoms with Crippen molar-refractivity contribution in [2.75, 3.05) is 24.3 Å². The van der Waals surface area contributed by atoms with Crippen LogP contribution in [-0.2, 0) is 17.6 Å². The first-order chi connectivity index (χ1) is 14.1. The molecule has 1 aromatic rings. The summed E-state index contributed by atoms with van der Waals surface area (Å²) in [5.74, 6) is 2.75. The van der Waals surface area contributed by atoms with E-state index in [-0.39, 0.29) is 5.91 Å². The van der Waals surface area contributed by atoms with E-state index in [2.05, 4.69) is 29.6 Å². The molecule has 4 rings (SSSR count). The van der Waals surface area contributed by atoms with Gasteiger partial charge in [-0.15, -0.1) is 0 Å². The number of aryl methyl sites for hydroxylation is 1. The first-order valence-electron chi connectivity index (χ1n) is 11.7. The summed E-state index contributed by atoms with van der Waals surface area (Å²) in [5, 5.41) is 6.89. The topological polar surface area (TPSA) is 70.2 Å². The van der Waals surface area contributed by atoms with Crippen LogP contribution in [0.25, 0.3) is 0 Å². The standard InChI is InChI=1S/C23H37N5O/c1-28(2)22-19-9-5-6-10-20(19)26-23(27-22)25-18-13-11-17(12-14-18)24-21(29)15-16-7-3-4-8-16/h16-18H,3-15H2,1-2H3,(H,24,29)(H,25,26,27)/t17-,18+. The van der Waals surface area contributed by atoms with Crippen LogP contribution < -0.4 is 15.5 Å². The number of hydrogen-bond acceptors (Lipinski definition) is 5. The fraction of sp³-hybridized carbons (Fsp3) is 0.783. The van der Waals surface area contributed by atoms with Crippen LogP contribution in [0.4, 0.5) is 11.8 Å². The third kappa shape index (κ3) is 5.20. The van der Waals surface area contributed by atoms with Gasteiger partial charge in [-0.2, -0.15) is 4.98 Å². The number of carbonyl (C=O) groups is 1. The monoisotopic (exact) mass is 399 g/mol. The van der Waals surface area contributed by atoms with Crippen LogP contribution in [0.15, 0.2) is 0 Å². The van der Waals surface area contributed by atoms with Crippen molar-refractivity contribution in [2.45, 2.75) is 95.6 Å². The van der Waals surface area contributed by atoms with E-state index in [1.165, 1.54) is 49.8 Å². The molecule has 1 aromatic heterocycles. The summed E-state index contributed by atoms with van der Waals surface area (Å²) in [6, 6.07) is 0.735. The molecule has 29 heavy (non-hydrogen) atoms. The van der Waals surface area contributed by atoms with E-state index in [0.29, 0.717) is 18.0 Å². The lowest BCUT2D eigenvalue weighted by atomic mass is 9.91. The van der Waals surface area contributed by atoms with Gasteiger partial charge in [0, 0.05) is 38.2 Å². The second kappa shape index (κ2) is 9.31. The Morgan fingerprint density at radius 3 is 2.34 bits per heavy atom. The second-order valence-corrected chi connectivity index (χ2v) is 9.51. The van der Waals surface area contributed by atoms with Crippen molar-refractivity contribution >= 4 is 17.7 Å². The number of fused-ring (bicyclic) bond motifs is 1. The van der Waals surface area contributed by atoms with E-state index < -0.39 is 0 Å². The number of carbonyl (C=O) groups excluding carboxylic acids is 1. The molecule has 6 nitrogen and oxygen atoms in total. The molecule has 2 saturated carbocycles. The highest BCUT2D eigenvalue weighted by molar-refractivity contribution is 5.76. The van der Waals surface area contributed by atoms with Crippen molar-refractivity contribution in [3.8, 4) is 0 Å². The molecular formula is C23H37N5O. The molecule has 0 saturated heterocycles. The zero-order valence-electron chi connectivity index (χ0n) is 18.2. The average Bonchev–Trinajstić information content (AvgIpc) is 3.21. The molecular weight excluding hydrogens is 362 g/mol. The summed E-state index contributed by atoms with van der Waals surface area (Å²) in [4.78, 5) is 24.1. The Morgan fingerprint density at radius 1 is 0.931 bits per heavy atom. The minimum Gasteiger partial charge on any atom is -0.362 e. The molecule has 1 heterocycles. The largest absolute Gasteiger partial charge is 0.362 e. The SMILES string of the molecule is CN(C)c1nc(N[C@H]2CC[C@@H](NC(=O)CC3CCCC3)CC2)nc2c1CCCC2. The molecule has 0 aromatic carbocycles. The Bertz CT molecular complexity index is 705. The minimum atomic E-state index is 0.266. The number of rotatable bonds is 6. The Morgan fingerprint density at radius 2 is 1.62 bits per heavy atom. The predicted octanol–water partition coefficient (Wildman–Crippen LogP) is 3.84. The van der Waals surface area contributed by atoms with Crippen molar-refractivity contribution in [1.29, 1.82) is 0 Å². The van der Waals surface area contributed by atoms with Crippen molar-refractivity contribution in [2.24, 2.45) is 5.92 Å². The van der Waals surface area contributed by atoms with Crippen LogP contribution in [0.5, 0.6) is 0 Å². The molecule has 0 atom stereocenters. The summed E-state index contributed by atoms with van der Waals surface area (Å²) < 4.78 is 0. The van der Waals surface area contributed by atoms with Gasteiger partial charge in [0.05, 0.1) is 5.69 Å². The van der Waals surface area contributed by atoms with Crippen LogP contribution in [-0.4, -0.2) is 42.1 Å². The van der Waals surface area contributed by atoms with Crippen molar-refractivity contribution in [3.05, 3.63) is 11.3 Å². The van der Waals surface area contributed by atoms with Gasteiger partial charge in [0.25, 0.3) is 0 Å².